The number of carbonyl (C=O) groups excluding carboxylic acids is 1. The molecule has 0 aliphatic carbocycles. The topological polar surface area (TPSA) is 73.4 Å². The molecule has 2 heterocycles. The molecule has 24 heavy (non-hydrogen) atoms. The zero-order valence-corrected chi connectivity index (χ0v) is 13.6. The number of nitrogens with zero attached hydrogens (tertiary/aromatic N) is 1. The van der Waals surface area contributed by atoms with E-state index in [1.807, 2.05) is 42.5 Å². The van der Waals surface area contributed by atoms with Gasteiger partial charge < -0.3 is 15.0 Å². The highest BCUT2D eigenvalue weighted by Crippen LogP contribution is 2.22. The fourth-order valence-electron chi connectivity index (χ4n) is 3.34. The molecule has 1 aromatic heterocycles. The van der Waals surface area contributed by atoms with Crippen molar-refractivity contribution >= 4 is 11.9 Å². The summed E-state index contributed by atoms with van der Waals surface area (Å²) in [6, 6.07) is 14.0. The second-order valence-corrected chi connectivity index (χ2v) is 6.24. The van der Waals surface area contributed by atoms with Gasteiger partial charge in [-0.05, 0) is 37.0 Å². The van der Waals surface area contributed by atoms with Crippen molar-refractivity contribution in [2.75, 3.05) is 6.54 Å². The van der Waals surface area contributed by atoms with Crippen LogP contribution < -0.4 is 0 Å². The van der Waals surface area contributed by atoms with Crippen LogP contribution in [-0.2, 0) is 16.0 Å². The molecule has 0 bridgehead atoms. The van der Waals surface area contributed by atoms with Crippen LogP contribution in [0, 0.1) is 0 Å². The number of aliphatic carboxylic acids is 1. The van der Waals surface area contributed by atoms with Crippen LogP contribution in [0.3, 0.4) is 0 Å². The van der Waals surface area contributed by atoms with E-state index in [1.54, 1.807) is 4.90 Å². The van der Waals surface area contributed by atoms with Crippen molar-refractivity contribution in [2.24, 2.45) is 0 Å². The number of likely N-dealkylation sites (tertiary alicyclic amines) is 1. The van der Waals surface area contributed by atoms with Crippen molar-refractivity contribution in [3.63, 3.8) is 0 Å². The Bertz CT molecular complexity index is 708. The first kappa shape index (κ1) is 16.3. The Morgan fingerprint density at radius 2 is 1.96 bits per heavy atom. The summed E-state index contributed by atoms with van der Waals surface area (Å²) < 4.78 is 0. The van der Waals surface area contributed by atoms with Gasteiger partial charge in [0.25, 0.3) is 0 Å². The van der Waals surface area contributed by atoms with Crippen LogP contribution in [0.1, 0.15) is 31.4 Å². The molecule has 2 aromatic rings. The van der Waals surface area contributed by atoms with E-state index >= 15 is 0 Å². The molecular weight excluding hydrogens is 304 g/mol. The molecule has 1 fully saturated rings. The van der Waals surface area contributed by atoms with Gasteiger partial charge in [0.2, 0.25) is 5.91 Å². The van der Waals surface area contributed by atoms with Crippen molar-refractivity contribution in [3.05, 3.63) is 48.2 Å². The molecule has 5 heteroatoms. The Balaban J connectivity index is 1.57. The highest BCUT2D eigenvalue weighted by Gasteiger charge is 2.29. The number of carbonyl (C=O) groups is 2. The number of H-pyrrole nitrogens is 1. The molecule has 126 valence electrons. The van der Waals surface area contributed by atoms with Gasteiger partial charge in [-0.1, -0.05) is 30.3 Å². The van der Waals surface area contributed by atoms with Gasteiger partial charge in [-0.25, -0.2) is 0 Å². The van der Waals surface area contributed by atoms with E-state index in [-0.39, 0.29) is 18.4 Å². The Labute approximate surface area is 141 Å². The number of hydrogen-bond acceptors (Lipinski definition) is 2. The van der Waals surface area contributed by atoms with Gasteiger partial charge in [-0.3, -0.25) is 9.59 Å². The summed E-state index contributed by atoms with van der Waals surface area (Å²) in [6.45, 7) is 0.677. The molecular formula is C19H22N2O3. The minimum atomic E-state index is -0.837. The van der Waals surface area contributed by atoms with Gasteiger partial charge in [0, 0.05) is 30.4 Å². The maximum atomic E-state index is 12.4. The second-order valence-electron chi connectivity index (χ2n) is 6.24. The number of aromatic nitrogens is 1. The van der Waals surface area contributed by atoms with E-state index < -0.39 is 5.97 Å². The van der Waals surface area contributed by atoms with E-state index in [1.165, 1.54) is 0 Å². The predicted molar refractivity (Wildman–Crippen MR) is 91.5 cm³/mol. The third kappa shape index (κ3) is 3.85. The largest absolute Gasteiger partial charge is 0.481 e. The van der Waals surface area contributed by atoms with Gasteiger partial charge in [0.05, 0.1) is 6.42 Å². The summed E-state index contributed by atoms with van der Waals surface area (Å²) in [5.41, 5.74) is 3.19. The first-order valence-electron chi connectivity index (χ1n) is 8.38. The second kappa shape index (κ2) is 7.34. The molecule has 0 spiro atoms. The summed E-state index contributed by atoms with van der Waals surface area (Å²) in [4.78, 5) is 28.4. The Morgan fingerprint density at radius 1 is 1.17 bits per heavy atom. The summed E-state index contributed by atoms with van der Waals surface area (Å²) in [5, 5.41) is 8.95. The summed E-state index contributed by atoms with van der Waals surface area (Å²) in [6.07, 6.45) is 2.78. The number of rotatable bonds is 6. The van der Waals surface area contributed by atoms with Crippen LogP contribution in [-0.4, -0.2) is 39.5 Å². The number of aromatic amines is 1. The monoisotopic (exact) mass is 326 g/mol. The van der Waals surface area contributed by atoms with Crippen LogP contribution in [0.25, 0.3) is 11.3 Å². The quantitative estimate of drug-likeness (QED) is 0.857. The number of hydrogen-bond donors (Lipinski definition) is 2. The van der Waals surface area contributed by atoms with Crippen LogP contribution in [0.4, 0.5) is 0 Å². The molecule has 1 atom stereocenters. The predicted octanol–water partition coefficient (Wildman–Crippen LogP) is 3.08. The molecule has 1 aliphatic rings. The average Bonchev–Trinajstić information content (AvgIpc) is 3.22. The molecule has 1 unspecified atom stereocenters. The smallest absolute Gasteiger partial charge is 0.305 e. The van der Waals surface area contributed by atoms with Gasteiger partial charge in [-0.15, -0.1) is 0 Å². The summed E-state index contributed by atoms with van der Waals surface area (Å²) in [5.74, 6) is -0.786. The lowest BCUT2D eigenvalue weighted by molar-refractivity contribution is -0.139. The molecule has 1 saturated heterocycles. The van der Waals surface area contributed by atoms with Crippen molar-refractivity contribution in [1.82, 2.24) is 9.88 Å². The van der Waals surface area contributed by atoms with Crippen LogP contribution >= 0.6 is 0 Å². The van der Waals surface area contributed by atoms with Gasteiger partial charge in [0.15, 0.2) is 0 Å². The molecule has 0 saturated carbocycles. The summed E-state index contributed by atoms with van der Waals surface area (Å²) >= 11 is 0. The zero-order chi connectivity index (χ0) is 16.9. The minimum absolute atomic E-state index is 0.0480. The normalized spacial score (nSPS) is 17.2. The molecule has 2 N–H and O–H groups in total. The number of carboxylic acid groups (broad SMARTS) is 1. The number of benzene rings is 1. The van der Waals surface area contributed by atoms with Crippen molar-refractivity contribution in [2.45, 2.75) is 38.1 Å². The molecule has 1 aliphatic heterocycles. The van der Waals surface area contributed by atoms with Crippen molar-refractivity contribution in [1.29, 1.82) is 0 Å². The lowest BCUT2D eigenvalue weighted by atomic mass is 10.1. The van der Waals surface area contributed by atoms with E-state index in [2.05, 4.69) is 4.98 Å². The first-order valence-corrected chi connectivity index (χ1v) is 8.38. The Kier molecular flexibility index (Phi) is 4.99. The number of carboxylic acids is 1. The molecule has 1 aromatic carbocycles. The Morgan fingerprint density at radius 3 is 2.71 bits per heavy atom. The van der Waals surface area contributed by atoms with Crippen LogP contribution in [0.15, 0.2) is 42.5 Å². The summed E-state index contributed by atoms with van der Waals surface area (Å²) in [7, 11) is 0. The maximum absolute atomic E-state index is 12.4. The fourth-order valence-corrected chi connectivity index (χ4v) is 3.34. The van der Waals surface area contributed by atoms with Crippen LogP contribution in [0.5, 0.6) is 0 Å². The third-order valence-electron chi connectivity index (χ3n) is 4.55. The first-order chi connectivity index (χ1) is 11.6. The number of aryl methyl sites for hydroxylation is 1. The highest BCUT2D eigenvalue weighted by molar-refractivity contribution is 5.78. The molecule has 1 amide bonds. The van der Waals surface area contributed by atoms with Crippen molar-refractivity contribution in [3.8, 4) is 11.3 Å². The van der Waals surface area contributed by atoms with Crippen molar-refractivity contribution < 1.29 is 14.7 Å². The van der Waals surface area contributed by atoms with E-state index in [0.29, 0.717) is 19.4 Å². The third-order valence-corrected chi connectivity index (χ3v) is 4.55. The van der Waals surface area contributed by atoms with E-state index in [0.717, 1.165) is 29.8 Å². The van der Waals surface area contributed by atoms with E-state index in [4.69, 9.17) is 5.11 Å². The lowest BCUT2D eigenvalue weighted by Gasteiger charge is -2.23. The minimum Gasteiger partial charge on any atom is -0.481 e. The van der Waals surface area contributed by atoms with Gasteiger partial charge >= 0.3 is 5.97 Å². The fraction of sp³-hybridized carbons (Fsp3) is 0.368. The lowest BCUT2D eigenvalue weighted by Crippen LogP contribution is -2.36. The number of amides is 1. The van der Waals surface area contributed by atoms with Gasteiger partial charge in [0.1, 0.15) is 0 Å². The molecule has 0 radical (unpaired) electrons. The number of nitrogens with one attached hydrogen (secondary N) is 1. The van der Waals surface area contributed by atoms with E-state index in [9.17, 15) is 9.59 Å². The molecule has 5 nitrogen and oxygen atoms in total. The Hall–Kier alpha value is -2.56. The SMILES string of the molecule is O=C(O)CC1CCCN1C(=O)CCc1ccc(-c2ccccc2)[nH]1. The van der Waals surface area contributed by atoms with Crippen LogP contribution in [0.2, 0.25) is 0 Å². The maximum Gasteiger partial charge on any atom is 0.305 e. The highest BCUT2D eigenvalue weighted by atomic mass is 16.4. The average molecular weight is 326 g/mol. The zero-order valence-electron chi connectivity index (χ0n) is 13.6. The standard InChI is InChI=1S/C19H22N2O3/c22-18(21-12-4-7-16(21)13-19(23)24)11-9-15-8-10-17(20-15)14-5-2-1-3-6-14/h1-3,5-6,8,10,16,20H,4,7,9,11-13H2,(H,23,24). The molecule has 3 rings (SSSR count). The van der Waals surface area contributed by atoms with Gasteiger partial charge in [-0.2, -0.15) is 0 Å².